The van der Waals surface area contributed by atoms with Crippen LogP contribution in [-0.4, -0.2) is 59.6 Å². The predicted octanol–water partition coefficient (Wildman–Crippen LogP) is 4.52. The lowest BCUT2D eigenvalue weighted by Crippen LogP contribution is -2.21. The van der Waals surface area contributed by atoms with Gasteiger partial charge in [0.15, 0.2) is 11.6 Å². The summed E-state index contributed by atoms with van der Waals surface area (Å²) >= 11 is 8.06. The predicted molar refractivity (Wildman–Crippen MR) is 136 cm³/mol. The van der Waals surface area contributed by atoms with Crippen LogP contribution in [0.5, 0.6) is 5.75 Å². The van der Waals surface area contributed by atoms with E-state index in [4.69, 9.17) is 16.3 Å². The Labute approximate surface area is 210 Å². The molecule has 0 atom stereocenters. The highest BCUT2D eigenvalue weighted by atomic mass is 35.5. The fourth-order valence-corrected chi connectivity index (χ4v) is 5.37. The van der Waals surface area contributed by atoms with Crippen molar-refractivity contribution in [3.8, 4) is 38.3 Å². The fraction of sp³-hybridized carbons (Fsp3) is 0.200. The van der Waals surface area contributed by atoms with E-state index in [1.54, 1.807) is 62.8 Å². The number of carbonyl (C=O) groups is 2. The van der Waals surface area contributed by atoms with Crippen molar-refractivity contribution in [3.05, 3.63) is 64.2 Å². The van der Waals surface area contributed by atoms with Gasteiger partial charge >= 0.3 is 0 Å². The van der Waals surface area contributed by atoms with Gasteiger partial charge in [0.25, 0.3) is 11.8 Å². The molecule has 0 saturated carbocycles. The quantitative estimate of drug-likeness (QED) is 0.423. The van der Waals surface area contributed by atoms with Gasteiger partial charge in [-0.2, -0.15) is 5.10 Å². The van der Waals surface area contributed by atoms with Crippen LogP contribution in [0, 0.1) is 0 Å². The average molecular weight is 508 g/mol. The summed E-state index contributed by atoms with van der Waals surface area (Å²) in [6, 6.07) is 12.7. The van der Waals surface area contributed by atoms with Crippen LogP contribution in [0.4, 0.5) is 0 Å². The SMILES string of the molecule is CNC(=O)c1ccc2c(c1)OCCc1cc(-c3nc(-c4ccc(C(=O)N(C)C)cc4Cl)n[nH]3)sc1-2. The Hall–Kier alpha value is -3.69. The summed E-state index contributed by atoms with van der Waals surface area (Å²) in [4.78, 5) is 32.4. The van der Waals surface area contributed by atoms with Crippen molar-refractivity contribution in [1.29, 1.82) is 0 Å². The number of nitrogens with one attached hydrogen (secondary N) is 2. The monoisotopic (exact) mass is 507 g/mol. The van der Waals surface area contributed by atoms with Gasteiger partial charge in [0.1, 0.15) is 5.75 Å². The lowest BCUT2D eigenvalue weighted by Gasteiger charge is -2.11. The minimum atomic E-state index is -0.153. The third-order valence-electron chi connectivity index (χ3n) is 5.74. The van der Waals surface area contributed by atoms with Gasteiger partial charge in [0.05, 0.1) is 16.5 Å². The summed E-state index contributed by atoms with van der Waals surface area (Å²) in [5, 5.41) is 10.4. The van der Waals surface area contributed by atoms with Crippen LogP contribution in [0.15, 0.2) is 42.5 Å². The van der Waals surface area contributed by atoms with Crippen LogP contribution in [-0.2, 0) is 6.42 Å². The third kappa shape index (κ3) is 4.28. The van der Waals surface area contributed by atoms with Crippen LogP contribution >= 0.6 is 22.9 Å². The van der Waals surface area contributed by atoms with Crippen molar-refractivity contribution in [2.45, 2.75) is 6.42 Å². The molecule has 2 N–H and O–H groups in total. The first kappa shape index (κ1) is 23.1. The lowest BCUT2D eigenvalue weighted by molar-refractivity contribution is 0.0827. The molecule has 0 unspecified atom stereocenters. The molecule has 0 spiro atoms. The van der Waals surface area contributed by atoms with E-state index in [2.05, 4.69) is 26.6 Å². The van der Waals surface area contributed by atoms with Crippen molar-refractivity contribution in [3.63, 3.8) is 0 Å². The molecule has 10 heteroatoms. The average Bonchev–Trinajstić information content (AvgIpc) is 3.47. The van der Waals surface area contributed by atoms with Crippen molar-refractivity contribution in [2.24, 2.45) is 0 Å². The van der Waals surface area contributed by atoms with Gasteiger partial charge in [-0.1, -0.05) is 11.6 Å². The maximum Gasteiger partial charge on any atom is 0.253 e. The first-order valence-electron chi connectivity index (χ1n) is 10.9. The number of rotatable bonds is 4. The Morgan fingerprint density at radius 1 is 1.11 bits per heavy atom. The zero-order chi connectivity index (χ0) is 24.7. The summed E-state index contributed by atoms with van der Waals surface area (Å²) in [6.45, 7) is 0.517. The lowest BCUT2D eigenvalue weighted by atomic mass is 10.1. The number of amides is 2. The third-order valence-corrected chi connectivity index (χ3v) is 7.27. The fourth-order valence-electron chi connectivity index (χ4n) is 3.93. The number of H-pyrrole nitrogens is 1. The molecule has 0 saturated heterocycles. The number of benzene rings is 2. The molecule has 0 bridgehead atoms. The zero-order valence-electron chi connectivity index (χ0n) is 19.3. The molecule has 2 amide bonds. The molecule has 1 aliphatic heterocycles. The second-order valence-corrected chi connectivity index (χ2v) is 9.71. The van der Waals surface area contributed by atoms with Crippen LogP contribution in [0.2, 0.25) is 5.02 Å². The molecule has 2 aromatic carbocycles. The Morgan fingerprint density at radius 2 is 1.89 bits per heavy atom. The highest BCUT2D eigenvalue weighted by molar-refractivity contribution is 7.19. The molecule has 2 aromatic heterocycles. The second kappa shape index (κ2) is 9.16. The number of aromatic amines is 1. The van der Waals surface area contributed by atoms with Gasteiger partial charge in [-0.3, -0.25) is 14.7 Å². The molecule has 1 aliphatic rings. The van der Waals surface area contributed by atoms with Crippen molar-refractivity contribution >= 4 is 34.8 Å². The smallest absolute Gasteiger partial charge is 0.253 e. The van der Waals surface area contributed by atoms with Crippen LogP contribution in [0.25, 0.3) is 32.5 Å². The number of fused-ring (bicyclic) bond motifs is 3. The van der Waals surface area contributed by atoms with Crippen molar-refractivity contribution < 1.29 is 14.3 Å². The molecule has 0 aliphatic carbocycles. The van der Waals surface area contributed by atoms with E-state index in [0.717, 1.165) is 27.3 Å². The van der Waals surface area contributed by atoms with Crippen molar-refractivity contribution in [1.82, 2.24) is 25.4 Å². The summed E-state index contributed by atoms with van der Waals surface area (Å²) in [5.41, 5.74) is 3.80. The Morgan fingerprint density at radius 3 is 2.63 bits per heavy atom. The number of thiophene rings is 1. The first-order valence-corrected chi connectivity index (χ1v) is 12.1. The van der Waals surface area contributed by atoms with Gasteiger partial charge in [-0.25, -0.2) is 4.98 Å². The molecule has 178 valence electrons. The summed E-state index contributed by atoms with van der Waals surface area (Å²) in [5.74, 6) is 1.50. The number of halogens is 1. The Kier molecular flexibility index (Phi) is 6.04. The number of hydrogen-bond acceptors (Lipinski definition) is 6. The summed E-state index contributed by atoms with van der Waals surface area (Å²) < 4.78 is 5.94. The molecule has 5 rings (SSSR count). The van der Waals surface area contributed by atoms with Gasteiger partial charge in [0.2, 0.25) is 0 Å². The second-order valence-electron chi connectivity index (χ2n) is 8.26. The van der Waals surface area contributed by atoms with Crippen molar-refractivity contribution in [2.75, 3.05) is 27.7 Å². The molecule has 0 fully saturated rings. The first-order chi connectivity index (χ1) is 16.9. The van der Waals surface area contributed by atoms with E-state index in [-0.39, 0.29) is 11.8 Å². The topological polar surface area (TPSA) is 100 Å². The van der Waals surface area contributed by atoms with Gasteiger partial charge in [-0.05, 0) is 48.0 Å². The number of carbonyl (C=O) groups excluding carboxylic acids is 2. The Balaban J connectivity index is 1.47. The molecule has 0 radical (unpaired) electrons. The van der Waals surface area contributed by atoms with Crippen LogP contribution < -0.4 is 10.1 Å². The molecular formula is C25H22ClN5O3S. The van der Waals surface area contributed by atoms with E-state index in [1.807, 2.05) is 6.07 Å². The minimum Gasteiger partial charge on any atom is -0.493 e. The van der Waals surface area contributed by atoms with E-state index >= 15 is 0 Å². The number of aromatic nitrogens is 3. The Bertz CT molecular complexity index is 1460. The van der Waals surface area contributed by atoms with E-state index in [0.29, 0.717) is 45.7 Å². The minimum absolute atomic E-state index is 0.124. The summed E-state index contributed by atoms with van der Waals surface area (Å²) in [7, 11) is 4.99. The van der Waals surface area contributed by atoms with Crippen LogP contribution in [0.3, 0.4) is 0 Å². The maximum atomic E-state index is 12.2. The molecule has 4 aromatic rings. The molecule has 8 nitrogen and oxygen atoms in total. The molecule has 3 heterocycles. The molecular weight excluding hydrogens is 486 g/mol. The van der Waals surface area contributed by atoms with E-state index in [9.17, 15) is 9.59 Å². The number of hydrogen-bond donors (Lipinski definition) is 2. The number of ether oxygens (including phenoxy) is 1. The highest BCUT2D eigenvalue weighted by Gasteiger charge is 2.22. The highest BCUT2D eigenvalue weighted by Crippen LogP contribution is 2.43. The zero-order valence-corrected chi connectivity index (χ0v) is 20.9. The van der Waals surface area contributed by atoms with E-state index in [1.165, 1.54) is 4.90 Å². The summed E-state index contributed by atoms with van der Waals surface area (Å²) in [6.07, 6.45) is 0.740. The van der Waals surface area contributed by atoms with E-state index < -0.39 is 0 Å². The van der Waals surface area contributed by atoms with Gasteiger partial charge in [0, 0.05) is 54.7 Å². The number of nitrogens with zero attached hydrogens (tertiary/aromatic N) is 3. The maximum absolute atomic E-state index is 12.2. The van der Waals surface area contributed by atoms with Gasteiger partial charge in [-0.15, -0.1) is 11.3 Å². The van der Waals surface area contributed by atoms with Crippen LogP contribution in [0.1, 0.15) is 26.3 Å². The van der Waals surface area contributed by atoms with Gasteiger partial charge < -0.3 is 15.0 Å². The normalized spacial score (nSPS) is 12.2. The largest absolute Gasteiger partial charge is 0.493 e. The molecule has 35 heavy (non-hydrogen) atoms. The standard InChI is InChI=1S/C25H22ClN5O3S/c1-27-24(32)14-4-7-17-19(11-14)34-9-8-13-12-20(35-21(13)17)23-28-22(29-30-23)16-6-5-15(10-18(16)26)25(33)31(2)3/h4-7,10-12H,8-9H2,1-3H3,(H,27,32)(H,28,29,30).